The SMILES string of the molecule is C=C(Cc1cccs1)NCc1c(C2CC2)ccc2[nH]ncc12. The van der Waals surface area contributed by atoms with Gasteiger partial charge < -0.3 is 5.32 Å². The van der Waals surface area contributed by atoms with Gasteiger partial charge in [0.2, 0.25) is 0 Å². The molecule has 1 saturated carbocycles. The Labute approximate surface area is 134 Å². The number of hydrogen-bond donors (Lipinski definition) is 2. The van der Waals surface area contributed by atoms with E-state index in [9.17, 15) is 0 Å². The van der Waals surface area contributed by atoms with Crippen LogP contribution in [-0.2, 0) is 13.0 Å². The summed E-state index contributed by atoms with van der Waals surface area (Å²) in [5.74, 6) is 0.738. The molecule has 0 amide bonds. The quantitative estimate of drug-likeness (QED) is 0.711. The molecule has 0 bridgehead atoms. The van der Waals surface area contributed by atoms with Crippen molar-refractivity contribution >= 4 is 22.2 Å². The van der Waals surface area contributed by atoms with Crippen LogP contribution in [0.2, 0.25) is 0 Å². The zero-order chi connectivity index (χ0) is 14.9. The first-order chi connectivity index (χ1) is 10.8. The maximum absolute atomic E-state index is 4.20. The fraction of sp³-hybridized carbons (Fsp3) is 0.278. The summed E-state index contributed by atoms with van der Waals surface area (Å²) in [5.41, 5.74) is 5.04. The smallest absolute Gasteiger partial charge is 0.0653 e. The van der Waals surface area contributed by atoms with Crippen molar-refractivity contribution in [2.24, 2.45) is 0 Å². The van der Waals surface area contributed by atoms with E-state index in [0.717, 1.165) is 30.1 Å². The van der Waals surface area contributed by atoms with E-state index < -0.39 is 0 Å². The number of nitrogens with one attached hydrogen (secondary N) is 2. The molecule has 112 valence electrons. The summed E-state index contributed by atoms with van der Waals surface area (Å²) in [4.78, 5) is 1.35. The van der Waals surface area contributed by atoms with Crippen molar-refractivity contribution < 1.29 is 0 Å². The number of H-pyrrole nitrogens is 1. The Kier molecular flexibility index (Phi) is 3.47. The van der Waals surface area contributed by atoms with E-state index in [-0.39, 0.29) is 0 Å². The fourth-order valence-corrected chi connectivity index (χ4v) is 3.71. The third kappa shape index (κ3) is 2.66. The Morgan fingerprint density at radius 1 is 1.36 bits per heavy atom. The van der Waals surface area contributed by atoms with Gasteiger partial charge in [0.05, 0.1) is 11.7 Å². The molecule has 0 atom stereocenters. The molecule has 4 rings (SSSR count). The van der Waals surface area contributed by atoms with Gasteiger partial charge in [0.1, 0.15) is 0 Å². The zero-order valence-electron chi connectivity index (χ0n) is 12.4. The Morgan fingerprint density at radius 2 is 2.27 bits per heavy atom. The molecule has 22 heavy (non-hydrogen) atoms. The average molecular weight is 309 g/mol. The van der Waals surface area contributed by atoms with Crippen molar-refractivity contribution in [3.63, 3.8) is 0 Å². The van der Waals surface area contributed by atoms with Crippen LogP contribution >= 0.6 is 11.3 Å². The minimum absolute atomic E-state index is 0.738. The lowest BCUT2D eigenvalue weighted by Gasteiger charge is -2.13. The molecular weight excluding hydrogens is 290 g/mol. The van der Waals surface area contributed by atoms with Gasteiger partial charge >= 0.3 is 0 Å². The highest BCUT2D eigenvalue weighted by Crippen LogP contribution is 2.43. The number of aromatic nitrogens is 2. The minimum atomic E-state index is 0.738. The van der Waals surface area contributed by atoms with Gasteiger partial charge in [-0.2, -0.15) is 5.10 Å². The number of rotatable bonds is 6. The summed E-state index contributed by atoms with van der Waals surface area (Å²) >= 11 is 1.78. The number of nitrogens with zero attached hydrogens (tertiary/aromatic N) is 1. The van der Waals surface area contributed by atoms with Crippen molar-refractivity contribution in [2.45, 2.75) is 31.7 Å². The highest BCUT2D eigenvalue weighted by molar-refractivity contribution is 7.09. The summed E-state index contributed by atoms with van der Waals surface area (Å²) in [6.07, 6.45) is 5.47. The molecule has 2 heterocycles. The van der Waals surface area contributed by atoms with Crippen LogP contribution in [0, 0.1) is 0 Å². The third-order valence-electron chi connectivity index (χ3n) is 4.27. The van der Waals surface area contributed by atoms with E-state index in [1.165, 1.54) is 34.2 Å². The Bertz CT molecular complexity index is 797. The lowest BCUT2D eigenvalue weighted by atomic mass is 9.99. The van der Waals surface area contributed by atoms with E-state index in [0.29, 0.717) is 0 Å². The van der Waals surface area contributed by atoms with E-state index in [2.05, 4.69) is 51.7 Å². The lowest BCUT2D eigenvalue weighted by Crippen LogP contribution is -2.14. The van der Waals surface area contributed by atoms with Crippen LogP contribution in [0.5, 0.6) is 0 Å². The van der Waals surface area contributed by atoms with Gasteiger partial charge in [-0.3, -0.25) is 5.10 Å². The Balaban J connectivity index is 1.54. The summed E-state index contributed by atoms with van der Waals surface area (Å²) in [7, 11) is 0. The van der Waals surface area contributed by atoms with Gasteiger partial charge in [-0.05, 0) is 47.4 Å². The number of thiophene rings is 1. The maximum Gasteiger partial charge on any atom is 0.0653 e. The van der Waals surface area contributed by atoms with Crippen molar-refractivity contribution in [1.82, 2.24) is 15.5 Å². The fourth-order valence-electron chi connectivity index (χ4n) is 2.97. The second-order valence-electron chi connectivity index (χ2n) is 5.95. The summed E-state index contributed by atoms with van der Waals surface area (Å²) in [5, 5.41) is 14.1. The molecule has 1 aliphatic rings. The highest BCUT2D eigenvalue weighted by atomic mass is 32.1. The first kappa shape index (κ1) is 13.6. The van der Waals surface area contributed by atoms with Gasteiger partial charge in [0, 0.05) is 28.9 Å². The second kappa shape index (κ2) is 5.61. The van der Waals surface area contributed by atoms with Crippen molar-refractivity contribution in [2.75, 3.05) is 0 Å². The molecule has 3 nitrogen and oxygen atoms in total. The molecule has 1 aromatic carbocycles. The lowest BCUT2D eigenvalue weighted by molar-refractivity contribution is 0.785. The number of hydrogen-bond acceptors (Lipinski definition) is 3. The first-order valence-electron chi connectivity index (χ1n) is 7.70. The van der Waals surface area contributed by atoms with Crippen LogP contribution < -0.4 is 5.32 Å². The molecule has 4 heteroatoms. The number of fused-ring (bicyclic) bond motifs is 1. The van der Waals surface area contributed by atoms with Gasteiger partial charge in [0.25, 0.3) is 0 Å². The monoisotopic (exact) mass is 309 g/mol. The van der Waals surface area contributed by atoms with Crippen molar-refractivity contribution in [3.8, 4) is 0 Å². The average Bonchev–Trinajstić information content (AvgIpc) is 3.03. The molecule has 0 saturated heterocycles. The van der Waals surface area contributed by atoms with Gasteiger partial charge in [-0.15, -0.1) is 11.3 Å². The molecular formula is C18H19N3S. The molecule has 0 spiro atoms. The Morgan fingerprint density at radius 3 is 3.05 bits per heavy atom. The molecule has 0 radical (unpaired) electrons. The topological polar surface area (TPSA) is 40.7 Å². The van der Waals surface area contributed by atoms with Crippen LogP contribution in [0.3, 0.4) is 0 Å². The minimum Gasteiger partial charge on any atom is -0.384 e. The largest absolute Gasteiger partial charge is 0.384 e. The Hall–Kier alpha value is -2.07. The first-order valence-corrected chi connectivity index (χ1v) is 8.58. The second-order valence-corrected chi connectivity index (χ2v) is 6.98. The standard InChI is InChI=1S/C18H19N3S/c1-12(9-14-3-2-8-22-14)19-10-16-15(13-4-5-13)6-7-18-17(16)11-20-21-18/h2-3,6-8,11,13,19H,1,4-5,9-10H2,(H,20,21). The zero-order valence-corrected chi connectivity index (χ0v) is 13.2. The summed E-state index contributed by atoms with van der Waals surface area (Å²) in [6, 6.07) is 8.66. The summed E-state index contributed by atoms with van der Waals surface area (Å²) in [6.45, 7) is 5.00. The van der Waals surface area contributed by atoms with E-state index in [1.54, 1.807) is 11.3 Å². The normalized spacial score (nSPS) is 14.4. The van der Waals surface area contributed by atoms with E-state index in [4.69, 9.17) is 0 Å². The molecule has 2 aromatic heterocycles. The van der Waals surface area contributed by atoms with Gasteiger partial charge in [-0.1, -0.05) is 18.7 Å². The molecule has 1 aliphatic carbocycles. The molecule has 0 aliphatic heterocycles. The molecule has 0 unspecified atom stereocenters. The number of allylic oxidation sites excluding steroid dienone is 1. The van der Waals surface area contributed by atoms with Gasteiger partial charge in [0.15, 0.2) is 0 Å². The van der Waals surface area contributed by atoms with Crippen LogP contribution in [0.1, 0.15) is 34.8 Å². The van der Waals surface area contributed by atoms with Crippen LogP contribution in [0.25, 0.3) is 10.9 Å². The number of benzene rings is 1. The summed E-state index contributed by atoms with van der Waals surface area (Å²) < 4.78 is 0. The van der Waals surface area contributed by atoms with Crippen molar-refractivity contribution in [3.05, 3.63) is 64.1 Å². The maximum atomic E-state index is 4.20. The van der Waals surface area contributed by atoms with Crippen molar-refractivity contribution in [1.29, 1.82) is 0 Å². The predicted molar refractivity (Wildman–Crippen MR) is 92.1 cm³/mol. The van der Waals surface area contributed by atoms with Crippen LogP contribution in [-0.4, -0.2) is 10.2 Å². The van der Waals surface area contributed by atoms with Crippen LogP contribution in [0.4, 0.5) is 0 Å². The van der Waals surface area contributed by atoms with Gasteiger partial charge in [-0.25, -0.2) is 0 Å². The highest BCUT2D eigenvalue weighted by Gasteiger charge is 2.27. The number of aromatic amines is 1. The molecule has 2 N–H and O–H groups in total. The predicted octanol–water partition coefficient (Wildman–Crippen LogP) is 4.35. The third-order valence-corrected chi connectivity index (χ3v) is 5.15. The van der Waals surface area contributed by atoms with Crippen LogP contribution in [0.15, 0.2) is 48.1 Å². The molecule has 1 fully saturated rings. The van der Waals surface area contributed by atoms with E-state index in [1.807, 2.05) is 6.20 Å². The molecule has 3 aromatic rings. The van der Waals surface area contributed by atoms with E-state index >= 15 is 0 Å².